The highest BCUT2D eigenvalue weighted by atomic mass is 79.9. The second-order valence-corrected chi connectivity index (χ2v) is 6.48. The molecule has 0 fully saturated rings. The first-order valence-corrected chi connectivity index (χ1v) is 8.14. The van der Waals surface area contributed by atoms with Crippen LogP contribution in [0.15, 0.2) is 52.3 Å². The van der Waals surface area contributed by atoms with Crippen LogP contribution in [0.25, 0.3) is 21.8 Å². The molecule has 0 aliphatic rings. The second-order valence-electron chi connectivity index (χ2n) is 4.36. The molecular weight excluding hydrogens is 368 g/mol. The second kappa shape index (κ2) is 5.98. The Morgan fingerprint density at radius 1 is 1.14 bits per heavy atom. The summed E-state index contributed by atoms with van der Waals surface area (Å²) in [5, 5.41) is 12.6. The summed E-state index contributed by atoms with van der Waals surface area (Å²) in [5.74, 6) is 0. The largest absolute Gasteiger partial charge is 0.236 e. The van der Waals surface area contributed by atoms with Crippen LogP contribution in [0.5, 0.6) is 0 Å². The molecule has 2 aromatic carbocycles. The van der Waals surface area contributed by atoms with E-state index >= 15 is 0 Å². The molecule has 0 aliphatic heterocycles. The van der Waals surface area contributed by atoms with Gasteiger partial charge in [-0.1, -0.05) is 29.8 Å². The fourth-order valence-electron chi connectivity index (χ4n) is 1.92. The van der Waals surface area contributed by atoms with Crippen molar-refractivity contribution < 1.29 is 0 Å². The van der Waals surface area contributed by atoms with Gasteiger partial charge in [-0.2, -0.15) is 5.26 Å². The predicted molar refractivity (Wildman–Crippen MR) is 90.4 cm³/mol. The third-order valence-corrected chi connectivity index (χ3v) is 5.06. The maximum absolute atomic E-state index is 8.96. The van der Waals surface area contributed by atoms with E-state index in [2.05, 4.69) is 27.0 Å². The zero-order valence-corrected chi connectivity index (χ0v) is 13.8. The summed E-state index contributed by atoms with van der Waals surface area (Å²) >= 11 is 11.0. The van der Waals surface area contributed by atoms with Crippen molar-refractivity contribution in [1.29, 1.82) is 5.26 Å². The highest BCUT2D eigenvalue weighted by Crippen LogP contribution is 2.32. The number of rotatable bonds is 2. The summed E-state index contributed by atoms with van der Waals surface area (Å²) in [6, 6.07) is 15.3. The van der Waals surface area contributed by atoms with E-state index in [-0.39, 0.29) is 0 Å². The van der Waals surface area contributed by atoms with Gasteiger partial charge >= 0.3 is 0 Å². The highest BCUT2D eigenvalue weighted by molar-refractivity contribution is 9.10. The third kappa shape index (κ3) is 3.01. The Morgan fingerprint density at radius 3 is 2.76 bits per heavy atom. The van der Waals surface area contributed by atoms with Gasteiger partial charge in [0.2, 0.25) is 0 Å². The van der Waals surface area contributed by atoms with Crippen molar-refractivity contribution in [3.63, 3.8) is 0 Å². The minimum absolute atomic E-state index is 0.635. The van der Waals surface area contributed by atoms with Gasteiger partial charge in [-0.3, -0.25) is 0 Å². The van der Waals surface area contributed by atoms with Crippen LogP contribution >= 0.6 is 38.9 Å². The number of nitriles is 1. The first kappa shape index (κ1) is 14.3. The molecule has 1 aromatic heterocycles. The number of hydrogen-bond acceptors (Lipinski definition) is 3. The minimum Gasteiger partial charge on any atom is -0.236 e. The van der Waals surface area contributed by atoms with Crippen LogP contribution in [0.4, 0.5) is 0 Å². The number of benzene rings is 2. The van der Waals surface area contributed by atoms with Crippen LogP contribution < -0.4 is 0 Å². The van der Waals surface area contributed by atoms with Gasteiger partial charge in [0.1, 0.15) is 5.01 Å². The smallest absolute Gasteiger partial charge is 0.124 e. The average Bonchev–Trinajstić information content (AvgIpc) is 3.00. The fourth-order valence-corrected chi connectivity index (χ4v) is 3.24. The van der Waals surface area contributed by atoms with E-state index in [1.165, 1.54) is 0 Å². The molecule has 0 saturated carbocycles. The fraction of sp³-hybridized carbons (Fsp3) is 0. The van der Waals surface area contributed by atoms with E-state index in [1.807, 2.05) is 41.8 Å². The molecule has 0 atom stereocenters. The molecule has 1 heterocycles. The van der Waals surface area contributed by atoms with Crippen molar-refractivity contribution >= 4 is 38.9 Å². The van der Waals surface area contributed by atoms with Crippen LogP contribution in [0.3, 0.4) is 0 Å². The van der Waals surface area contributed by atoms with Gasteiger partial charge in [0.05, 0.1) is 22.3 Å². The topological polar surface area (TPSA) is 36.7 Å². The Morgan fingerprint density at radius 2 is 2.00 bits per heavy atom. The lowest BCUT2D eigenvalue weighted by Crippen LogP contribution is -1.82. The Balaban J connectivity index is 1.99. The van der Waals surface area contributed by atoms with Gasteiger partial charge in [0, 0.05) is 21.0 Å². The van der Waals surface area contributed by atoms with E-state index < -0.39 is 0 Å². The molecule has 3 aromatic rings. The number of aromatic nitrogens is 1. The van der Waals surface area contributed by atoms with Crippen LogP contribution in [0.2, 0.25) is 5.02 Å². The van der Waals surface area contributed by atoms with Crippen molar-refractivity contribution in [2.24, 2.45) is 0 Å². The van der Waals surface area contributed by atoms with Gasteiger partial charge < -0.3 is 0 Å². The summed E-state index contributed by atoms with van der Waals surface area (Å²) in [6.07, 6.45) is 0. The summed E-state index contributed by atoms with van der Waals surface area (Å²) < 4.78 is 0.852. The summed E-state index contributed by atoms with van der Waals surface area (Å²) in [5.41, 5.74) is 3.47. The Labute approximate surface area is 139 Å². The lowest BCUT2D eigenvalue weighted by molar-refractivity contribution is 1.39. The lowest BCUT2D eigenvalue weighted by Gasteiger charge is -2.00. The standard InChI is InChI=1S/C16H8BrClN2S/c17-13-7-12(4-5-14(13)18)16-20-15(9-21-16)11-3-1-2-10(6-11)8-19/h1-7,9H. The summed E-state index contributed by atoms with van der Waals surface area (Å²) in [4.78, 5) is 4.64. The van der Waals surface area contributed by atoms with Crippen molar-refractivity contribution in [2.75, 3.05) is 0 Å². The molecule has 0 amide bonds. The lowest BCUT2D eigenvalue weighted by atomic mass is 10.1. The Bertz CT molecular complexity index is 851. The monoisotopic (exact) mass is 374 g/mol. The molecule has 0 spiro atoms. The maximum atomic E-state index is 8.96. The quantitative estimate of drug-likeness (QED) is 0.570. The number of nitrogens with zero attached hydrogens (tertiary/aromatic N) is 2. The number of hydrogen-bond donors (Lipinski definition) is 0. The molecule has 5 heteroatoms. The van der Waals surface area contributed by atoms with Crippen molar-refractivity contribution in [3.8, 4) is 27.9 Å². The molecule has 0 bridgehead atoms. The van der Waals surface area contributed by atoms with Gasteiger partial charge in [-0.05, 0) is 40.2 Å². The zero-order chi connectivity index (χ0) is 14.8. The van der Waals surface area contributed by atoms with Crippen LogP contribution in [-0.2, 0) is 0 Å². The predicted octanol–water partition coefficient (Wildman–Crippen LogP) is 5.76. The van der Waals surface area contributed by atoms with E-state index in [0.29, 0.717) is 10.6 Å². The van der Waals surface area contributed by atoms with Crippen molar-refractivity contribution in [1.82, 2.24) is 4.98 Å². The minimum atomic E-state index is 0.635. The van der Waals surface area contributed by atoms with E-state index in [1.54, 1.807) is 17.4 Å². The first-order chi connectivity index (χ1) is 10.2. The number of halogens is 2. The Hall–Kier alpha value is -1.67. The zero-order valence-electron chi connectivity index (χ0n) is 10.7. The normalized spacial score (nSPS) is 10.3. The molecule has 0 unspecified atom stereocenters. The molecule has 0 radical (unpaired) electrons. The average molecular weight is 376 g/mol. The van der Waals surface area contributed by atoms with Crippen LogP contribution in [0.1, 0.15) is 5.56 Å². The van der Waals surface area contributed by atoms with Gasteiger partial charge in [-0.15, -0.1) is 11.3 Å². The van der Waals surface area contributed by atoms with Gasteiger partial charge in [0.25, 0.3) is 0 Å². The van der Waals surface area contributed by atoms with Crippen LogP contribution in [0, 0.1) is 11.3 Å². The molecule has 102 valence electrons. The van der Waals surface area contributed by atoms with Crippen molar-refractivity contribution in [3.05, 3.63) is 62.9 Å². The molecule has 0 saturated heterocycles. The molecular formula is C16H8BrClN2S. The van der Waals surface area contributed by atoms with E-state index in [0.717, 1.165) is 26.3 Å². The van der Waals surface area contributed by atoms with E-state index in [4.69, 9.17) is 16.9 Å². The molecule has 3 rings (SSSR count). The highest BCUT2D eigenvalue weighted by Gasteiger charge is 2.08. The Kier molecular flexibility index (Phi) is 4.07. The van der Waals surface area contributed by atoms with E-state index in [9.17, 15) is 0 Å². The SMILES string of the molecule is N#Cc1cccc(-c2csc(-c3ccc(Cl)c(Br)c3)n2)c1. The van der Waals surface area contributed by atoms with Crippen LogP contribution in [-0.4, -0.2) is 4.98 Å². The number of thiazole rings is 1. The molecule has 0 N–H and O–H groups in total. The molecule has 2 nitrogen and oxygen atoms in total. The third-order valence-electron chi connectivity index (χ3n) is 2.96. The van der Waals surface area contributed by atoms with Gasteiger partial charge in [0.15, 0.2) is 0 Å². The van der Waals surface area contributed by atoms with Crippen molar-refractivity contribution in [2.45, 2.75) is 0 Å². The summed E-state index contributed by atoms with van der Waals surface area (Å²) in [7, 11) is 0. The van der Waals surface area contributed by atoms with Gasteiger partial charge in [-0.25, -0.2) is 4.98 Å². The maximum Gasteiger partial charge on any atom is 0.124 e. The molecule has 21 heavy (non-hydrogen) atoms. The molecule has 0 aliphatic carbocycles. The summed E-state index contributed by atoms with van der Waals surface area (Å²) in [6.45, 7) is 0. The first-order valence-electron chi connectivity index (χ1n) is 6.09.